The molecule has 166 valence electrons. The van der Waals surface area contributed by atoms with E-state index in [1.807, 2.05) is 7.05 Å². The minimum Gasteiger partial charge on any atom is -0.356 e. The molecule has 0 bridgehead atoms. The molecule has 0 aliphatic carbocycles. The Morgan fingerprint density at radius 3 is 2.40 bits per heavy atom. The topological polar surface area (TPSA) is 34.1 Å². The van der Waals surface area contributed by atoms with Gasteiger partial charge in [0.15, 0.2) is 5.96 Å². The molecule has 3 heterocycles. The number of aryl methyl sites for hydroxylation is 1. The number of benzene rings is 1. The molecule has 6 heteroatoms. The third-order valence-electron chi connectivity index (χ3n) is 6.82. The number of nitrogens with one attached hydrogen (secondary N) is 1. The van der Waals surface area contributed by atoms with Crippen LogP contribution in [-0.4, -0.2) is 79.6 Å². The van der Waals surface area contributed by atoms with E-state index in [1.54, 1.807) is 0 Å². The first-order valence-corrected chi connectivity index (χ1v) is 11.3. The predicted octanol–water partition coefficient (Wildman–Crippen LogP) is 3.35. The SMILES string of the molecule is CN=C(NCC1CCN(Cc2ccc(C)cc2)CC1)N1CCC(N2CC=CC2)C1.I. The average molecular weight is 524 g/mol. The van der Waals surface area contributed by atoms with Crippen LogP contribution in [0.3, 0.4) is 0 Å². The van der Waals surface area contributed by atoms with Gasteiger partial charge in [0.25, 0.3) is 0 Å². The van der Waals surface area contributed by atoms with Crippen LogP contribution in [0.25, 0.3) is 0 Å². The van der Waals surface area contributed by atoms with E-state index in [4.69, 9.17) is 0 Å². The van der Waals surface area contributed by atoms with Crippen molar-refractivity contribution < 1.29 is 0 Å². The molecule has 1 unspecified atom stereocenters. The molecule has 3 aliphatic rings. The van der Waals surface area contributed by atoms with E-state index in [1.165, 1.54) is 43.5 Å². The zero-order chi connectivity index (χ0) is 20.1. The first kappa shape index (κ1) is 23.5. The van der Waals surface area contributed by atoms with Gasteiger partial charge in [-0.1, -0.05) is 42.0 Å². The van der Waals surface area contributed by atoms with Crippen molar-refractivity contribution in [2.45, 2.75) is 38.8 Å². The van der Waals surface area contributed by atoms with Crippen molar-refractivity contribution >= 4 is 29.9 Å². The normalized spacial score (nSPS) is 23.7. The number of hydrogen-bond donors (Lipinski definition) is 1. The van der Waals surface area contributed by atoms with Crippen molar-refractivity contribution in [1.29, 1.82) is 0 Å². The first-order valence-electron chi connectivity index (χ1n) is 11.3. The monoisotopic (exact) mass is 523 g/mol. The van der Waals surface area contributed by atoms with Crippen LogP contribution in [0.15, 0.2) is 41.4 Å². The Bertz CT molecular complexity index is 701. The highest BCUT2D eigenvalue weighted by Gasteiger charge is 2.30. The first-order chi connectivity index (χ1) is 14.2. The lowest BCUT2D eigenvalue weighted by Crippen LogP contribution is -2.45. The summed E-state index contributed by atoms with van der Waals surface area (Å²) in [7, 11) is 1.93. The van der Waals surface area contributed by atoms with E-state index in [9.17, 15) is 0 Å². The Kier molecular flexibility index (Phi) is 9.01. The maximum absolute atomic E-state index is 4.58. The Morgan fingerprint density at radius 2 is 1.73 bits per heavy atom. The number of rotatable bonds is 5. The molecule has 1 atom stereocenters. The van der Waals surface area contributed by atoms with Crippen molar-refractivity contribution in [3.63, 3.8) is 0 Å². The second-order valence-corrected chi connectivity index (χ2v) is 8.95. The van der Waals surface area contributed by atoms with E-state index >= 15 is 0 Å². The number of hydrogen-bond acceptors (Lipinski definition) is 3. The van der Waals surface area contributed by atoms with Crippen LogP contribution in [0.4, 0.5) is 0 Å². The Hall–Kier alpha value is -1.12. The Morgan fingerprint density at radius 1 is 1.03 bits per heavy atom. The quantitative estimate of drug-likeness (QED) is 0.278. The molecule has 3 aliphatic heterocycles. The fraction of sp³-hybridized carbons (Fsp3) is 0.625. The summed E-state index contributed by atoms with van der Waals surface area (Å²) in [5, 5.41) is 3.69. The van der Waals surface area contributed by atoms with Crippen molar-refractivity contribution in [1.82, 2.24) is 20.0 Å². The molecule has 2 saturated heterocycles. The highest BCUT2D eigenvalue weighted by molar-refractivity contribution is 14.0. The van der Waals surface area contributed by atoms with Gasteiger partial charge < -0.3 is 10.2 Å². The number of guanidine groups is 1. The zero-order valence-corrected chi connectivity index (χ0v) is 20.9. The van der Waals surface area contributed by atoms with Gasteiger partial charge in [0.05, 0.1) is 0 Å². The molecule has 1 aromatic rings. The van der Waals surface area contributed by atoms with Gasteiger partial charge in [0.1, 0.15) is 0 Å². The molecule has 0 spiro atoms. The molecule has 30 heavy (non-hydrogen) atoms. The molecule has 0 saturated carbocycles. The van der Waals surface area contributed by atoms with E-state index in [2.05, 4.69) is 68.4 Å². The lowest BCUT2D eigenvalue weighted by molar-refractivity contribution is 0.177. The molecule has 0 amide bonds. The summed E-state index contributed by atoms with van der Waals surface area (Å²) in [6, 6.07) is 9.67. The number of piperidine rings is 1. The van der Waals surface area contributed by atoms with E-state index < -0.39 is 0 Å². The van der Waals surface area contributed by atoms with Gasteiger partial charge >= 0.3 is 0 Å². The largest absolute Gasteiger partial charge is 0.356 e. The van der Waals surface area contributed by atoms with Crippen molar-refractivity contribution in [3.05, 3.63) is 47.5 Å². The van der Waals surface area contributed by atoms with Crippen LogP contribution in [0, 0.1) is 12.8 Å². The molecular formula is C24H38IN5. The number of nitrogens with zero attached hydrogens (tertiary/aromatic N) is 4. The lowest BCUT2D eigenvalue weighted by atomic mass is 9.96. The summed E-state index contributed by atoms with van der Waals surface area (Å²) in [5.74, 6) is 1.85. The highest BCUT2D eigenvalue weighted by atomic mass is 127. The smallest absolute Gasteiger partial charge is 0.193 e. The van der Waals surface area contributed by atoms with E-state index in [-0.39, 0.29) is 24.0 Å². The molecule has 1 N–H and O–H groups in total. The average Bonchev–Trinajstić information content (AvgIpc) is 3.43. The van der Waals surface area contributed by atoms with Gasteiger partial charge in [-0.05, 0) is 50.8 Å². The third-order valence-corrected chi connectivity index (χ3v) is 6.82. The third kappa shape index (κ3) is 6.20. The van der Waals surface area contributed by atoms with Crippen molar-refractivity contribution in [3.8, 4) is 0 Å². The predicted molar refractivity (Wildman–Crippen MR) is 137 cm³/mol. The van der Waals surface area contributed by atoms with Gasteiger partial charge in [-0.2, -0.15) is 0 Å². The molecule has 0 radical (unpaired) electrons. The molecule has 0 aromatic heterocycles. The second-order valence-electron chi connectivity index (χ2n) is 8.95. The summed E-state index contributed by atoms with van der Waals surface area (Å²) >= 11 is 0. The Labute approximate surface area is 199 Å². The van der Waals surface area contributed by atoms with Gasteiger partial charge in [-0.3, -0.25) is 14.8 Å². The number of aliphatic imine (C=N–C) groups is 1. The van der Waals surface area contributed by atoms with Crippen LogP contribution in [0.5, 0.6) is 0 Å². The van der Waals surface area contributed by atoms with Gasteiger partial charge in [0.2, 0.25) is 0 Å². The lowest BCUT2D eigenvalue weighted by Gasteiger charge is -2.33. The zero-order valence-electron chi connectivity index (χ0n) is 18.6. The summed E-state index contributed by atoms with van der Waals surface area (Å²) in [6.07, 6.45) is 8.39. The second kappa shape index (κ2) is 11.5. The van der Waals surface area contributed by atoms with Crippen LogP contribution in [0.2, 0.25) is 0 Å². The molecule has 5 nitrogen and oxygen atoms in total. The molecule has 2 fully saturated rings. The van der Waals surface area contributed by atoms with Crippen LogP contribution < -0.4 is 5.32 Å². The van der Waals surface area contributed by atoms with Crippen molar-refractivity contribution in [2.75, 3.05) is 52.9 Å². The standard InChI is InChI=1S/C24H37N5.HI/c1-20-5-7-22(8-6-20)18-27-14-9-21(10-15-27)17-26-24(25-2)29-16-11-23(19-29)28-12-3-4-13-28;/h3-8,21,23H,9-19H2,1-2H3,(H,25,26);1H. The summed E-state index contributed by atoms with van der Waals surface area (Å²) in [5.41, 5.74) is 2.78. The number of likely N-dealkylation sites (tertiary alicyclic amines) is 2. The number of halogens is 1. The highest BCUT2D eigenvalue weighted by Crippen LogP contribution is 2.20. The summed E-state index contributed by atoms with van der Waals surface area (Å²) in [4.78, 5) is 12.2. The minimum atomic E-state index is 0. The minimum absolute atomic E-state index is 0. The van der Waals surface area contributed by atoms with Crippen LogP contribution in [0.1, 0.15) is 30.4 Å². The fourth-order valence-electron chi connectivity index (χ4n) is 4.89. The fourth-order valence-corrected chi connectivity index (χ4v) is 4.89. The summed E-state index contributed by atoms with van der Waals surface area (Å²) in [6.45, 7) is 11.2. The summed E-state index contributed by atoms with van der Waals surface area (Å²) < 4.78 is 0. The maximum Gasteiger partial charge on any atom is 0.193 e. The molecular weight excluding hydrogens is 485 g/mol. The Balaban J connectivity index is 0.00000256. The van der Waals surface area contributed by atoms with Crippen LogP contribution >= 0.6 is 24.0 Å². The van der Waals surface area contributed by atoms with E-state index in [0.29, 0.717) is 6.04 Å². The van der Waals surface area contributed by atoms with Crippen molar-refractivity contribution in [2.24, 2.45) is 10.9 Å². The van der Waals surface area contributed by atoms with Gasteiger partial charge in [-0.15, -0.1) is 24.0 Å². The van der Waals surface area contributed by atoms with Gasteiger partial charge in [-0.25, -0.2) is 0 Å². The van der Waals surface area contributed by atoms with Crippen LogP contribution in [-0.2, 0) is 6.54 Å². The molecule has 4 rings (SSSR count). The maximum atomic E-state index is 4.58. The van der Waals surface area contributed by atoms with Gasteiger partial charge in [0, 0.05) is 52.4 Å². The molecule has 1 aromatic carbocycles. The van der Waals surface area contributed by atoms with E-state index in [0.717, 1.165) is 51.1 Å².